The number of amides is 1. The number of hydrogen-bond donors (Lipinski definition) is 2. The molecule has 0 spiro atoms. The second kappa shape index (κ2) is 5.80. The van der Waals surface area contributed by atoms with E-state index in [1.54, 1.807) is 24.3 Å². The standard InChI is InChI=1S/C7H7NO.C3H2F3N3/c8-7(9)6-4-2-1-3-5-6;4-3(5,6)2-1-7-9-8-2/h1-5H,(H2,8,9);1H,(H,7,8,9). The Morgan fingerprint density at radius 2 is 1.83 bits per heavy atom. The second-order valence-corrected chi connectivity index (χ2v) is 3.08. The van der Waals surface area contributed by atoms with Gasteiger partial charge in [0.1, 0.15) is 0 Å². The Bertz CT molecular complexity index is 482. The zero-order chi connectivity index (χ0) is 13.6. The van der Waals surface area contributed by atoms with Crippen LogP contribution in [0.25, 0.3) is 0 Å². The molecule has 0 aliphatic rings. The third-order valence-corrected chi connectivity index (χ3v) is 1.76. The van der Waals surface area contributed by atoms with Gasteiger partial charge in [-0.3, -0.25) is 4.79 Å². The van der Waals surface area contributed by atoms with Crippen molar-refractivity contribution < 1.29 is 18.0 Å². The summed E-state index contributed by atoms with van der Waals surface area (Å²) in [4.78, 5) is 10.4. The first kappa shape index (κ1) is 13.7. The van der Waals surface area contributed by atoms with Crippen LogP contribution in [-0.2, 0) is 6.18 Å². The highest BCUT2D eigenvalue weighted by molar-refractivity contribution is 5.92. The van der Waals surface area contributed by atoms with Gasteiger partial charge >= 0.3 is 6.18 Å². The van der Waals surface area contributed by atoms with E-state index in [0.29, 0.717) is 11.8 Å². The van der Waals surface area contributed by atoms with Gasteiger partial charge in [0, 0.05) is 5.56 Å². The topological polar surface area (TPSA) is 84.7 Å². The number of benzene rings is 1. The molecule has 0 aliphatic heterocycles. The molecule has 0 radical (unpaired) electrons. The number of aromatic amines is 1. The van der Waals surface area contributed by atoms with Crippen molar-refractivity contribution in [3.8, 4) is 0 Å². The minimum atomic E-state index is -4.38. The van der Waals surface area contributed by atoms with Crippen LogP contribution in [0.2, 0.25) is 0 Å². The monoisotopic (exact) mass is 258 g/mol. The van der Waals surface area contributed by atoms with E-state index in [-0.39, 0.29) is 5.91 Å². The van der Waals surface area contributed by atoms with Gasteiger partial charge in [0.05, 0.1) is 6.20 Å². The Morgan fingerprint density at radius 3 is 2.11 bits per heavy atom. The van der Waals surface area contributed by atoms with Crippen LogP contribution in [0, 0.1) is 0 Å². The molecule has 3 N–H and O–H groups in total. The van der Waals surface area contributed by atoms with E-state index < -0.39 is 11.9 Å². The molecule has 0 saturated heterocycles. The zero-order valence-electron chi connectivity index (χ0n) is 8.98. The van der Waals surface area contributed by atoms with Crippen molar-refractivity contribution in [2.24, 2.45) is 5.73 Å². The highest BCUT2D eigenvalue weighted by Crippen LogP contribution is 2.25. The van der Waals surface area contributed by atoms with Gasteiger partial charge in [-0.25, -0.2) is 0 Å². The number of halogens is 3. The van der Waals surface area contributed by atoms with E-state index in [1.807, 2.05) is 11.3 Å². The van der Waals surface area contributed by atoms with Gasteiger partial charge < -0.3 is 5.73 Å². The summed E-state index contributed by atoms with van der Waals surface area (Å²) in [5.41, 5.74) is 4.53. The Hall–Kier alpha value is -2.38. The van der Waals surface area contributed by atoms with Crippen LogP contribution >= 0.6 is 0 Å². The third-order valence-electron chi connectivity index (χ3n) is 1.76. The summed E-state index contributed by atoms with van der Waals surface area (Å²) in [5, 5.41) is 7.68. The number of nitrogens with zero attached hydrogens (tertiary/aromatic N) is 2. The largest absolute Gasteiger partial charge is 0.436 e. The van der Waals surface area contributed by atoms with Gasteiger partial charge in [-0.2, -0.15) is 28.6 Å². The molecule has 1 aromatic carbocycles. The zero-order valence-corrected chi connectivity index (χ0v) is 8.98. The van der Waals surface area contributed by atoms with Crippen LogP contribution in [0.3, 0.4) is 0 Å². The molecule has 2 rings (SSSR count). The number of carbonyl (C=O) groups excluding carboxylic acids is 1. The van der Waals surface area contributed by atoms with Crippen molar-refractivity contribution in [1.82, 2.24) is 15.4 Å². The van der Waals surface area contributed by atoms with E-state index in [0.717, 1.165) is 0 Å². The maximum atomic E-state index is 11.5. The summed E-state index contributed by atoms with van der Waals surface area (Å²) in [6.07, 6.45) is -3.76. The molecule has 1 amide bonds. The maximum absolute atomic E-state index is 11.5. The Labute approximate surface area is 99.8 Å². The molecule has 0 fully saturated rings. The number of hydrogen-bond acceptors (Lipinski definition) is 3. The molecule has 1 heterocycles. The number of primary amides is 1. The molecule has 0 unspecified atom stereocenters. The highest BCUT2D eigenvalue weighted by Gasteiger charge is 2.33. The normalized spacial score (nSPS) is 10.4. The molecule has 8 heteroatoms. The first-order valence-corrected chi connectivity index (χ1v) is 4.69. The average Bonchev–Trinajstić information content (AvgIpc) is 2.84. The number of alkyl halides is 3. The quantitative estimate of drug-likeness (QED) is 0.814. The molecule has 0 atom stereocenters. The van der Waals surface area contributed by atoms with Gasteiger partial charge in [-0.15, -0.1) is 0 Å². The molecule has 0 saturated carbocycles. The van der Waals surface area contributed by atoms with Crippen LogP contribution in [0.4, 0.5) is 13.2 Å². The third kappa shape index (κ3) is 4.24. The Balaban J connectivity index is 0.000000180. The lowest BCUT2D eigenvalue weighted by Gasteiger charge is -1.97. The van der Waals surface area contributed by atoms with Crippen molar-refractivity contribution in [3.63, 3.8) is 0 Å². The molecular weight excluding hydrogens is 249 g/mol. The molecule has 96 valence electrons. The number of H-pyrrole nitrogens is 1. The van der Waals surface area contributed by atoms with Crippen LogP contribution in [0.5, 0.6) is 0 Å². The van der Waals surface area contributed by atoms with Crippen LogP contribution in [0.15, 0.2) is 36.5 Å². The predicted molar refractivity (Wildman–Crippen MR) is 56.3 cm³/mol. The summed E-state index contributed by atoms with van der Waals surface area (Å²) < 4.78 is 34.5. The van der Waals surface area contributed by atoms with Crippen molar-refractivity contribution in [2.45, 2.75) is 6.18 Å². The number of nitrogens with one attached hydrogen (secondary N) is 1. The fourth-order valence-corrected chi connectivity index (χ4v) is 0.941. The van der Waals surface area contributed by atoms with Crippen molar-refractivity contribution in [2.75, 3.05) is 0 Å². The lowest BCUT2D eigenvalue weighted by molar-refractivity contribution is -0.141. The van der Waals surface area contributed by atoms with E-state index in [9.17, 15) is 18.0 Å². The fourth-order valence-electron chi connectivity index (χ4n) is 0.941. The SMILES string of the molecule is FC(F)(F)c1cn[nH]n1.NC(=O)c1ccccc1. The van der Waals surface area contributed by atoms with Crippen molar-refractivity contribution >= 4 is 5.91 Å². The van der Waals surface area contributed by atoms with Crippen molar-refractivity contribution in [3.05, 3.63) is 47.8 Å². The van der Waals surface area contributed by atoms with Gasteiger partial charge in [0.15, 0.2) is 5.69 Å². The minimum absolute atomic E-state index is 0.379. The molecule has 0 aliphatic carbocycles. The highest BCUT2D eigenvalue weighted by atomic mass is 19.4. The Kier molecular flexibility index (Phi) is 4.41. The molecular formula is C10H9F3N4O. The molecule has 0 bridgehead atoms. The summed E-state index contributed by atoms with van der Waals surface area (Å²) in [6.45, 7) is 0. The van der Waals surface area contributed by atoms with Crippen LogP contribution < -0.4 is 5.73 Å². The summed E-state index contributed by atoms with van der Waals surface area (Å²) in [5.74, 6) is -0.379. The fraction of sp³-hybridized carbons (Fsp3) is 0.100. The molecule has 1 aromatic heterocycles. The summed E-state index contributed by atoms with van der Waals surface area (Å²) in [7, 11) is 0. The van der Waals surface area contributed by atoms with Gasteiger partial charge in [-0.05, 0) is 12.1 Å². The number of rotatable bonds is 1. The lowest BCUT2D eigenvalue weighted by atomic mass is 10.2. The van der Waals surface area contributed by atoms with E-state index in [4.69, 9.17) is 5.73 Å². The Morgan fingerprint density at radius 1 is 1.22 bits per heavy atom. The maximum Gasteiger partial charge on any atom is 0.436 e. The van der Waals surface area contributed by atoms with E-state index in [2.05, 4.69) is 10.2 Å². The minimum Gasteiger partial charge on any atom is -0.366 e. The molecule has 18 heavy (non-hydrogen) atoms. The van der Waals surface area contributed by atoms with E-state index in [1.165, 1.54) is 0 Å². The predicted octanol–water partition coefficient (Wildman–Crippen LogP) is 1.61. The van der Waals surface area contributed by atoms with Gasteiger partial charge in [0.25, 0.3) is 0 Å². The smallest absolute Gasteiger partial charge is 0.366 e. The van der Waals surface area contributed by atoms with Gasteiger partial charge in [0.2, 0.25) is 5.91 Å². The van der Waals surface area contributed by atoms with E-state index >= 15 is 0 Å². The second-order valence-electron chi connectivity index (χ2n) is 3.08. The summed E-state index contributed by atoms with van der Waals surface area (Å²) >= 11 is 0. The number of aromatic nitrogens is 3. The number of nitrogens with two attached hydrogens (primary N) is 1. The lowest BCUT2D eigenvalue weighted by Crippen LogP contribution is -2.09. The first-order valence-electron chi connectivity index (χ1n) is 4.69. The molecule has 5 nitrogen and oxygen atoms in total. The molecule has 2 aromatic rings. The number of carbonyl (C=O) groups is 1. The van der Waals surface area contributed by atoms with Crippen molar-refractivity contribution in [1.29, 1.82) is 0 Å². The summed E-state index contributed by atoms with van der Waals surface area (Å²) in [6, 6.07) is 8.76. The average molecular weight is 258 g/mol. The van der Waals surface area contributed by atoms with Crippen LogP contribution in [-0.4, -0.2) is 21.3 Å². The first-order chi connectivity index (χ1) is 8.41. The van der Waals surface area contributed by atoms with Gasteiger partial charge in [-0.1, -0.05) is 18.2 Å². The van der Waals surface area contributed by atoms with Crippen LogP contribution in [0.1, 0.15) is 16.1 Å².